The minimum absolute atomic E-state index is 0.0495. The third-order valence-electron chi connectivity index (χ3n) is 7.09. The molecule has 0 amide bonds. The van der Waals surface area contributed by atoms with Gasteiger partial charge in [0.2, 0.25) is 0 Å². The average molecular weight is 456 g/mol. The van der Waals surface area contributed by atoms with E-state index in [1.807, 2.05) is 12.1 Å². The molecule has 2 fully saturated rings. The second kappa shape index (κ2) is 11.1. The third-order valence-corrected chi connectivity index (χ3v) is 7.09. The first-order chi connectivity index (χ1) is 16.0. The van der Waals surface area contributed by atoms with Gasteiger partial charge >= 0.3 is 5.97 Å². The maximum absolute atomic E-state index is 10.9. The van der Waals surface area contributed by atoms with Gasteiger partial charge in [0.15, 0.2) is 0 Å². The number of aliphatic carboxylic acids is 1. The van der Waals surface area contributed by atoms with Crippen LogP contribution in [-0.2, 0) is 9.63 Å². The molecule has 0 aliphatic carbocycles. The SMILES string of the molecule is CCCN1CCN(C(=N)c2ccc(C3=NOC(CN4CCC(CC(=O)O)CC4)C3)cc2)CC1. The van der Waals surface area contributed by atoms with Crippen LogP contribution in [0.25, 0.3) is 0 Å². The molecule has 4 rings (SSSR count). The van der Waals surface area contributed by atoms with Crippen LogP contribution in [0.15, 0.2) is 29.4 Å². The molecule has 0 aromatic heterocycles. The Hall–Kier alpha value is -2.45. The van der Waals surface area contributed by atoms with Crippen molar-refractivity contribution in [1.29, 1.82) is 5.41 Å². The van der Waals surface area contributed by atoms with Crippen LogP contribution >= 0.6 is 0 Å². The summed E-state index contributed by atoms with van der Waals surface area (Å²) in [6.45, 7) is 9.93. The lowest BCUT2D eigenvalue weighted by atomic mass is 9.93. The molecular formula is C25H37N5O3. The molecule has 8 nitrogen and oxygen atoms in total. The minimum atomic E-state index is -0.693. The van der Waals surface area contributed by atoms with Crippen molar-refractivity contribution in [1.82, 2.24) is 14.7 Å². The van der Waals surface area contributed by atoms with Crippen molar-refractivity contribution in [3.63, 3.8) is 0 Å². The maximum atomic E-state index is 10.9. The number of amidine groups is 1. The highest BCUT2D eigenvalue weighted by molar-refractivity contribution is 6.02. The summed E-state index contributed by atoms with van der Waals surface area (Å²) in [7, 11) is 0. The lowest BCUT2D eigenvalue weighted by Crippen LogP contribution is -2.48. The highest BCUT2D eigenvalue weighted by Crippen LogP contribution is 2.23. The van der Waals surface area contributed by atoms with Crippen molar-refractivity contribution in [2.75, 3.05) is 52.4 Å². The zero-order valence-electron chi connectivity index (χ0n) is 19.7. The largest absolute Gasteiger partial charge is 0.481 e. The van der Waals surface area contributed by atoms with E-state index in [9.17, 15) is 4.79 Å². The van der Waals surface area contributed by atoms with Gasteiger partial charge in [-0.2, -0.15) is 0 Å². The first kappa shape index (κ1) is 23.7. The zero-order chi connectivity index (χ0) is 23.2. The molecule has 1 aromatic carbocycles. The van der Waals surface area contributed by atoms with E-state index >= 15 is 0 Å². The Kier molecular flexibility index (Phi) is 7.98. The minimum Gasteiger partial charge on any atom is -0.481 e. The Morgan fingerprint density at radius 3 is 2.42 bits per heavy atom. The first-order valence-electron chi connectivity index (χ1n) is 12.3. The van der Waals surface area contributed by atoms with E-state index in [1.54, 1.807) is 0 Å². The van der Waals surface area contributed by atoms with Gasteiger partial charge in [0, 0.05) is 51.1 Å². The molecule has 33 heavy (non-hydrogen) atoms. The molecule has 0 bridgehead atoms. The fourth-order valence-electron chi connectivity index (χ4n) is 5.12. The van der Waals surface area contributed by atoms with E-state index in [0.29, 0.717) is 11.8 Å². The van der Waals surface area contributed by atoms with Crippen LogP contribution in [-0.4, -0.2) is 95.8 Å². The Morgan fingerprint density at radius 1 is 1.09 bits per heavy atom. The number of benzene rings is 1. The van der Waals surface area contributed by atoms with E-state index in [0.717, 1.165) is 88.5 Å². The summed E-state index contributed by atoms with van der Waals surface area (Å²) in [6.07, 6.45) is 4.17. The standard InChI is InChI=1S/C25H37N5O3/c1-2-9-28-12-14-30(15-13-28)25(26)21-5-3-20(4-6-21)23-17-22(33-27-23)18-29-10-7-19(8-11-29)16-24(31)32/h3-6,19,22,26H,2,7-18H2,1H3,(H,31,32). The molecule has 0 saturated carbocycles. The van der Waals surface area contributed by atoms with Crippen LogP contribution in [0.2, 0.25) is 0 Å². The van der Waals surface area contributed by atoms with Crippen LogP contribution < -0.4 is 0 Å². The second-order valence-electron chi connectivity index (χ2n) is 9.57. The number of hydrogen-bond acceptors (Lipinski definition) is 6. The van der Waals surface area contributed by atoms with Crippen molar-refractivity contribution < 1.29 is 14.7 Å². The molecule has 180 valence electrons. The molecule has 3 heterocycles. The summed E-state index contributed by atoms with van der Waals surface area (Å²) in [5.41, 5.74) is 2.97. The number of nitrogens with zero attached hydrogens (tertiary/aromatic N) is 4. The van der Waals surface area contributed by atoms with Crippen LogP contribution in [0, 0.1) is 11.3 Å². The number of nitrogens with one attached hydrogen (secondary N) is 1. The van der Waals surface area contributed by atoms with E-state index in [-0.39, 0.29) is 12.5 Å². The molecule has 1 atom stereocenters. The summed E-state index contributed by atoms with van der Waals surface area (Å²) < 4.78 is 0. The highest BCUT2D eigenvalue weighted by Gasteiger charge is 2.28. The second-order valence-corrected chi connectivity index (χ2v) is 9.57. The van der Waals surface area contributed by atoms with Crippen molar-refractivity contribution in [3.05, 3.63) is 35.4 Å². The van der Waals surface area contributed by atoms with E-state index in [4.69, 9.17) is 15.4 Å². The monoisotopic (exact) mass is 455 g/mol. The summed E-state index contributed by atoms with van der Waals surface area (Å²) in [6, 6.07) is 8.16. The van der Waals surface area contributed by atoms with Gasteiger partial charge in [0.05, 0.1) is 5.71 Å². The van der Waals surface area contributed by atoms with E-state index < -0.39 is 5.97 Å². The summed E-state index contributed by atoms with van der Waals surface area (Å²) in [5, 5.41) is 21.9. The van der Waals surface area contributed by atoms with Crippen molar-refractivity contribution in [2.24, 2.45) is 11.1 Å². The molecule has 3 aliphatic rings. The number of oxime groups is 1. The van der Waals surface area contributed by atoms with E-state index in [2.05, 4.69) is 38.9 Å². The quantitative estimate of drug-likeness (QED) is 0.463. The van der Waals surface area contributed by atoms with Crippen molar-refractivity contribution in [2.45, 2.75) is 45.1 Å². The van der Waals surface area contributed by atoms with Gasteiger partial charge in [-0.15, -0.1) is 0 Å². The number of carbonyl (C=O) groups is 1. The average Bonchev–Trinajstić information content (AvgIpc) is 3.29. The van der Waals surface area contributed by atoms with Gasteiger partial charge in [0.25, 0.3) is 0 Å². The predicted molar refractivity (Wildman–Crippen MR) is 129 cm³/mol. The van der Waals surface area contributed by atoms with Crippen LogP contribution in [0.4, 0.5) is 0 Å². The lowest BCUT2D eigenvalue weighted by Gasteiger charge is -2.36. The van der Waals surface area contributed by atoms with Crippen LogP contribution in [0.5, 0.6) is 0 Å². The molecule has 1 unspecified atom stereocenters. The number of piperazine rings is 1. The lowest BCUT2D eigenvalue weighted by molar-refractivity contribution is -0.138. The van der Waals surface area contributed by atoms with Gasteiger partial charge in [-0.25, -0.2) is 0 Å². The fourth-order valence-corrected chi connectivity index (χ4v) is 5.12. The Morgan fingerprint density at radius 2 is 1.79 bits per heavy atom. The van der Waals surface area contributed by atoms with Crippen molar-refractivity contribution in [3.8, 4) is 0 Å². The normalized spacial score (nSPS) is 22.8. The van der Waals surface area contributed by atoms with E-state index in [1.165, 1.54) is 6.42 Å². The molecule has 0 radical (unpaired) electrons. The number of hydrogen-bond donors (Lipinski definition) is 2. The number of carboxylic acids is 1. The fraction of sp³-hybridized carbons (Fsp3) is 0.640. The van der Waals surface area contributed by atoms with Crippen LogP contribution in [0.3, 0.4) is 0 Å². The molecule has 3 aliphatic heterocycles. The molecule has 1 aromatic rings. The van der Waals surface area contributed by atoms with Crippen molar-refractivity contribution >= 4 is 17.5 Å². The molecule has 0 spiro atoms. The Balaban J connectivity index is 1.23. The first-order valence-corrected chi connectivity index (χ1v) is 12.3. The van der Waals surface area contributed by atoms with Gasteiger partial charge in [-0.3, -0.25) is 20.0 Å². The molecule has 2 N–H and O–H groups in total. The topological polar surface area (TPSA) is 92.5 Å². The number of rotatable bonds is 8. The van der Waals surface area contributed by atoms with Gasteiger partial charge in [-0.1, -0.05) is 36.3 Å². The predicted octanol–water partition coefficient (Wildman–Crippen LogP) is 2.72. The van der Waals surface area contributed by atoms with Gasteiger partial charge in [0.1, 0.15) is 11.9 Å². The number of piperidine rings is 1. The summed E-state index contributed by atoms with van der Waals surface area (Å²) in [5.74, 6) is 0.209. The van der Waals surface area contributed by atoms with Gasteiger partial charge in [-0.05, 0) is 50.4 Å². The number of likely N-dealkylation sites (tertiary alicyclic amines) is 1. The Labute approximate surface area is 196 Å². The molecule has 8 heteroatoms. The van der Waals surface area contributed by atoms with Gasteiger partial charge < -0.3 is 14.8 Å². The maximum Gasteiger partial charge on any atom is 0.303 e. The summed E-state index contributed by atoms with van der Waals surface area (Å²) in [4.78, 5) is 23.6. The molecular weight excluding hydrogens is 418 g/mol. The van der Waals surface area contributed by atoms with Crippen LogP contribution in [0.1, 0.15) is 50.2 Å². The molecule has 2 saturated heterocycles. The smallest absolute Gasteiger partial charge is 0.303 e. The third kappa shape index (κ3) is 6.32. The Bertz CT molecular complexity index is 840. The number of carboxylic acid groups (broad SMARTS) is 1. The zero-order valence-corrected chi connectivity index (χ0v) is 19.7. The summed E-state index contributed by atoms with van der Waals surface area (Å²) >= 11 is 0. The highest BCUT2D eigenvalue weighted by atomic mass is 16.6.